The van der Waals surface area contributed by atoms with E-state index in [4.69, 9.17) is 9.84 Å². The molecule has 1 atom stereocenters. The van der Waals surface area contributed by atoms with Gasteiger partial charge in [0.15, 0.2) is 0 Å². The Hall–Kier alpha value is -1.96. The Morgan fingerprint density at radius 3 is 2.59 bits per heavy atom. The zero-order chi connectivity index (χ0) is 11.7. The second-order valence-corrected chi connectivity index (χ2v) is 4.40. The van der Waals surface area contributed by atoms with Gasteiger partial charge in [0.05, 0.1) is 6.61 Å². The van der Waals surface area contributed by atoms with Crippen molar-refractivity contribution in [2.24, 2.45) is 0 Å². The predicted octanol–water partition coefficient (Wildman–Crippen LogP) is 3.11. The molecule has 0 heterocycles. The molecule has 1 aliphatic rings. The fourth-order valence-corrected chi connectivity index (χ4v) is 2.25. The molecule has 3 rings (SSSR count). The van der Waals surface area contributed by atoms with Crippen LogP contribution in [0.4, 0.5) is 0 Å². The normalized spacial score (nSPS) is 17.1. The van der Waals surface area contributed by atoms with Crippen LogP contribution in [0.3, 0.4) is 0 Å². The summed E-state index contributed by atoms with van der Waals surface area (Å²) < 4.78 is 5.71. The van der Waals surface area contributed by atoms with E-state index in [9.17, 15) is 0 Å². The largest absolute Gasteiger partial charge is 0.508 e. The van der Waals surface area contributed by atoms with Crippen LogP contribution in [0.5, 0.6) is 11.5 Å². The van der Waals surface area contributed by atoms with Crippen LogP contribution >= 0.6 is 0 Å². The zero-order valence-corrected chi connectivity index (χ0v) is 9.47. The first kappa shape index (κ1) is 10.2. The highest BCUT2D eigenvalue weighted by Crippen LogP contribution is 2.35. The molecule has 1 aliphatic carbocycles. The Morgan fingerprint density at radius 1 is 1.06 bits per heavy atom. The number of hydrogen-bond acceptors (Lipinski definition) is 2. The minimum absolute atomic E-state index is 0.270. The number of phenolic OH excluding ortho intramolecular Hbond substituents is 1. The van der Waals surface area contributed by atoms with Crippen LogP contribution < -0.4 is 4.74 Å². The van der Waals surface area contributed by atoms with Crippen molar-refractivity contribution in [1.82, 2.24) is 0 Å². The van der Waals surface area contributed by atoms with Crippen LogP contribution in [0.25, 0.3) is 0 Å². The Balaban J connectivity index is 1.62. The van der Waals surface area contributed by atoms with Crippen LogP contribution in [0.1, 0.15) is 17.0 Å². The fourth-order valence-electron chi connectivity index (χ4n) is 2.25. The summed E-state index contributed by atoms with van der Waals surface area (Å²) in [4.78, 5) is 0. The minimum atomic E-state index is 0.270. The van der Waals surface area contributed by atoms with Crippen LogP contribution in [0.15, 0.2) is 48.5 Å². The third kappa shape index (κ3) is 1.98. The first-order valence-corrected chi connectivity index (χ1v) is 5.82. The van der Waals surface area contributed by atoms with Gasteiger partial charge in [0.1, 0.15) is 11.5 Å². The van der Waals surface area contributed by atoms with Crippen molar-refractivity contribution in [3.8, 4) is 11.5 Å². The summed E-state index contributed by atoms with van der Waals surface area (Å²) in [6.07, 6.45) is 1.11. The van der Waals surface area contributed by atoms with E-state index in [0.29, 0.717) is 12.5 Å². The summed E-state index contributed by atoms with van der Waals surface area (Å²) in [5.74, 6) is 1.60. The average molecular weight is 226 g/mol. The smallest absolute Gasteiger partial charge is 0.119 e. The molecule has 86 valence electrons. The third-order valence-electron chi connectivity index (χ3n) is 3.25. The Bertz CT molecular complexity index is 517. The molecule has 1 unspecified atom stereocenters. The predicted molar refractivity (Wildman–Crippen MR) is 66.5 cm³/mol. The van der Waals surface area contributed by atoms with Gasteiger partial charge in [-0.2, -0.15) is 0 Å². The molecule has 0 bridgehead atoms. The second-order valence-electron chi connectivity index (χ2n) is 4.40. The first-order chi connectivity index (χ1) is 8.33. The molecule has 0 spiro atoms. The van der Waals surface area contributed by atoms with E-state index in [-0.39, 0.29) is 5.75 Å². The second kappa shape index (κ2) is 4.13. The molecule has 0 aliphatic heterocycles. The number of fused-ring (bicyclic) bond motifs is 1. The number of rotatable bonds is 3. The molecule has 2 aromatic rings. The molecule has 2 aromatic carbocycles. The molecule has 0 aromatic heterocycles. The molecule has 0 radical (unpaired) electrons. The van der Waals surface area contributed by atoms with E-state index in [1.807, 2.05) is 0 Å². The van der Waals surface area contributed by atoms with Gasteiger partial charge in [-0.05, 0) is 41.8 Å². The Labute approximate surface area is 100 Å². The summed E-state index contributed by atoms with van der Waals surface area (Å²) in [5.41, 5.74) is 2.85. The van der Waals surface area contributed by atoms with Gasteiger partial charge in [-0.25, -0.2) is 0 Å². The molecule has 0 saturated carbocycles. The van der Waals surface area contributed by atoms with Crippen LogP contribution in [-0.2, 0) is 6.42 Å². The maximum absolute atomic E-state index is 9.17. The highest BCUT2D eigenvalue weighted by atomic mass is 16.5. The van der Waals surface area contributed by atoms with Gasteiger partial charge >= 0.3 is 0 Å². The summed E-state index contributed by atoms with van der Waals surface area (Å²) in [5, 5.41) is 9.17. The van der Waals surface area contributed by atoms with Gasteiger partial charge in [-0.15, -0.1) is 0 Å². The summed E-state index contributed by atoms with van der Waals surface area (Å²) >= 11 is 0. The third-order valence-corrected chi connectivity index (χ3v) is 3.25. The molecular formula is C15H14O2. The van der Waals surface area contributed by atoms with Crippen LogP contribution in [0.2, 0.25) is 0 Å². The highest BCUT2D eigenvalue weighted by molar-refractivity contribution is 5.40. The Morgan fingerprint density at radius 2 is 1.82 bits per heavy atom. The quantitative estimate of drug-likeness (QED) is 0.871. The van der Waals surface area contributed by atoms with Gasteiger partial charge in [0.2, 0.25) is 0 Å². The first-order valence-electron chi connectivity index (χ1n) is 5.82. The van der Waals surface area contributed by atoms with Crippen LogP contribution in [0, 0.1) is 0 Å². The lowest BCUT2D eigenvalue weighted by atomic mass is 9.78. The number of hydrogen-bond donors (Lipinski definition) is 1. The van der Waals surface area contributed by atoms with Crippen molar-refractivity contribution >= 4 is 0 Å². The average Bonchev–Trinajstić information content (AvgIpc) is 2.33. The van der Waals surface area contributed by atoms with Crippen molar-refractivity contribution in [2.75, 3.05) is 6.61 Å². The Kier molecular flexibility index (Phi) is 2.48. The van der Waals surface area contributed by atoms with E-state index < -0.39 is 0 Å². The number of phenols is 1. The molecule has 0 amide bonds. The van der Waals surface area contributed by atoms with Gasteiger partial charge < -0.3 is 9.84 Å². The van der Waals surface area contributed by atoms with Gasteiger partial charge in [-0.1, -0.05) is 24.3 Å². The van der Waals surface area contributed by atoms with Crippen molar-refractivity contribution in [2.45, 2.75) is 12.3 Å². The molecule has 2 nitrogen and oxygen atoms in total. The summed E-state index contributed by atoms with van der Waals surface area (Å²) in [6, 6.07) is 15.4. The van der Waals surface area contributed by atoms with Crippen molar-refractivity contribution in [3.05, 3.63) is 59.7 Å². The fraction of sp³-hybridized carbons (Fsp3) is 0.200. The maximum atomic E-state index is 9.17. The standard InChI is InChI=1S/C15H14O2/c16-13-5-7-14(8-6-13)17-10-12-9-11-3-1-2-4-15(11)12/h1-8,12,16H,9-10H2. The maximum Gasteiger partial charge on any atom is 0.119 e. The summed E-state index contributed by atoms with van der Waals surface area (Å²) in [7, 11) is 0. The van der Waals surface area contributed by atoms with Crippen molar-refractivity contribution in [3.63, 3.8) is 0 Å². The van der Waals surface area contributed by atoms with E-state index in [1.54, 1.807) is 24.3 Å². The van der Waals surface area contributed by atoms with E-state index >= 15 is 0 Å². The topological polar surface area (TPSA) is 29.5 Å². The lowest BCUT2D eigenvalue weighted by Gasteiger charge is -2.29. The van der Waals surface area contributed by atoms with Crippen LogP contribution in [-0.4, -0.2) is 11.7 Å². The number of aromatic hydroxyl groups is 1. The molecule has 2 heteroatoms. The lowest BCUT2D eigenvalue weighted by molar-refractivity contribution is 0.275. The van der Waals surface area contributed by atoms with Gasteiger partial charge in [0, 0.05) is 5.92 Å². The van der Waals surface area contributed by atoms with E-state index in [0.717, 1.165) is 12.2 Å². The van der Waals surface area contributed by atoms with E-state index in [1.165, 1.54) is 11.1 Å². The van der Waals surface area contributed by atoms with E-state index in [2.05, 4.69) is 24.3 Å². The minimum Gasteiger partial charge on any atom is -0.508 e. The SMILES string of the molecule is Oc1ccc(OCC2Cc3ccccc32)cc1. The molecule has 0 saturated heterocycles. The van der Waals surface area contributed by atoms with Gasteiger partial charge in [-0.3, -0.25) is 0 Å². The van der Waals surface area contributed by atoms with Crippen molar-refractivity contribution < 1.29 is 9.84 Å². The summed E-state index contributed by atoms with van der Waals surface area (Å²) in [6.45, 7) is 0.710. The monoisotopic (exact) mass is 226 g/mol. The highest BCUT2D eigenvalue weighted by Gasteiger charge is 2.25. The molecule has 0 fully saturated rings. The number of benzene rings is 2. The molecule has 17 heavy (non-hydrogen) atoms. The zero-order valence-electron chi connectivity index (χ0n) is 9.47. The molecule has 1 N–H and O–H groups in total. The van der Waals surface area contributed by atoms with Crippen molar-refractivity contribution in [1.29, 1.82) is 0 Å². The van der Waals surface area contributed by atoms with Gasteiger partial charge in [0.25, 0.3) is 0 Å². The number of ether oxygens (including phenoxy) is 1. The molecular weight excluding hydrogens is 212 g/mol. The lowest BCUT2D eigenvalue weighted by Crippen LogP contribution is -2.22.